The molecule has 0 saturated heterocycles. The molecule has 0 aliphatic carbocycles. The molecule has 0 fully saturated rings. The van der Waals surface area contributed by atoms with Crippen LogP contribution in [0.1, 0.15) is 12.0 Å². The Hall–Kier alpha value is -2.62. The SMILES string of the molecule is COc1ccc(-c2ccc(C=CCC(N)=O)cc2)cn1. The van der Waals surface area contributed by atoms with Gasteiger partial charge in [-0.25, -0.2) is 4.98 Å². The first-order valence-corrected chi connectivity index (χ1v) is 6.24. The summed E-state index contributed by atoms with van der Waals surface area (Å²) < 4.78 is 5.03. The van der Waals surface area contributed by atoms with Crippen LogP contribution in [0.25, 0.3) is 17.2 Å². The number of rotatable bonds is 5. The molecule has 0 radical (unpaired) electrons. The Balaban J connectivity index is 2.10. The van der Waals surface area contributed by atoms with Gasteiger partial charge < -0.3 is 10.5 Å². The van der Waals surface area contributed by atoms with Crippen molar-refractivity contribution in [2.75, 3.05) is 7.11 Å². The van der Waals surface area contributed by atoms with E-state index in [0.717, 1.165) is 16.7 Å². The van der Waals surface area contributed by atoms with Crippen LogP contribution < -0.4 is 10.5 Å². The third kappa shape index (κ3) is 3.68. The molecular weight excluding hydrogens is 252 g/mol. The molecule has 0 bridgehead atoms. The first kappa shape index (κ1) is 13.8. The van der Waals surface area contributed by atoms with Crippen LogP contribution in [-0.4, -0.2) is 18.0 Å². The second kappa shape index (κ2) is 6.52. The minimum Gasteiger partial charge on any atom is -0.481 e. The van der Waals surface area contributed by atoms with Gasteiger partial charge in [0.05, 0.1) is 7.11 Å². The predicted octanol–water partition coefficient (Wildman–Crippen LogP) is 2.65. The number of hydrogen-bond acceptors (Lipinski definition) is 3. The summed E-state index contributed by atoms with van der Waals surface area (Å²) in [5, 5.41) is 0. The smallest absolute Gasteiger partial charge is 0.221 e. The maximum Gasteiger partial charge on any atom is 0.221 e. The maximum atomic E-state index is 10.6. The quantitative estimate of drug-likeness (QED) is 0.906. The molecule has 1 heterocycles. The highest BCUT2D eigenvalue weighted by Crippen LogP contribution is 2.21. The van der Waals surface area contributed by atoms with E-state index in [1.165, 1.54) is 0 Å². The lowest BCUT2D eigenvalue weighted by molar-refractivity contribution is -0.117. The van der Waals surface area contributed by atoms with E-state index in [0.29, 0.717) is 5.88 Å². The number of primary amides is 1. The summed E-state index contributed by atoms with van der Waals surface area (Å²) >= 11 is 0. The van der Waals surface area contributed by atoms with Crippen LogP contribution in [0.3, 0.4) is 0 Å². The summed E-state index contributed by atoms with van der Waals surface area (Å²) in [6.07, 6.45) is 5.66. The molecule has 2 rings (SSSR count). The molecule has 0 spiro atoms. The number of nitrogens with zero attached hydrogens (tertiary/aromatic N) is 1. The number of aromatic nitrogens is 1. The zero-order valence-corrected chi connectivity index (χ0v) is 11.2. The average Bonchev–Trinajstić information content (AvgIpc) is 2.48. The number of hydrogen-bond donors (Lipinski definition) is 1. The summed E-state index contributed by atoms with van der Waals surface area (Å²) in [6, 6.07) is 11.8. The van der Waals surface area contributed by atoms with Gasteiger partial charge in [0.25, 0.3) is 0 Å². The highest BCUT2D eigenvalue weighted by molar-refractivity contribution is 5.76. The Morgan fingerprint density at radius 3 is 2.45 bits per heavy atom. The first-order valence-electron chi connectivity index (χ1n) is 6.24. The third-order valence-corrected chi connectivity index (χ3v) is 2.82. The fraction of sp³-hybridized carbons (Fsp3) is 0.125. The molecule has 0 unspecified atom stereocenters. The van der Waals surface area contributed by atoms with Crippen LogP contribution in [0.5, 0.6) is 5.88 Å². The normalized spacial score (nSPS) is 10.7. The van der Waals surface area contributed by atoms with Gasteiger partial charge in [0.1, 0.15) is 0 Å². The Labute approximate surface area is 117 Å². The van der Waals surface area contributed by atoms with Crippen LogP contribution in [-0.2, 0) is 4.79 Å². The molecule has 102 valence electrons. The Morgan fingerprint density at radius 2 is 1.90 bits per heavy atom. The number of nitrogens with two attached hydrogens (primary N) is 1. The first-order chi connectivity index (χ1) is 9.69. The number of amides is 1. The molecule has 1 aromatic heterocycles. The lowest BCUT2D eigenvalue weighted by atomic mass is 10.1. The van der Waals surface area contributed by atoms with Crippen molar-refractivity contribution in [1.29, 1.82) is 0 Å². The summed E-state index contributed by atoms with van der Waals surface area (Å²) in [5.74, 6) is 0.266. The highest BCUT2D eigenvalue weighted by atomic mass is 16.5. The molecule has 1 amide bonds. The van der Waals surface area contributed by atoms with Crippen LogP contribution >= 0.6 is 0 Å². The van der Waals surface area contributed by atoms with Crippen molar-refractivity contribution >= 4 is 12.0 Å². The summed E-state index contributed by atoms with van der Waals surface area (Å²) in [6.45, 7) is 0. The molecule has 0 saturated carbocycles. The van der Waals surface area contributed by atoms with E-state index in [4.69, 9.17) is 10.5 Å². The number of carbonyl (C=O) groups excluding carboxylic acids is 1. The lowest BCUT2D eigenvalue weighted by Gasteiger charge is -2.03. The van der Waals surface area contributed by atoms with Crippen molar-refractivity contribution in [3.05, 3.63) is 54.2 Å². The fourth-order valence-electron chi connectivity index (χ4n) is 1.77. The average molecular weight is 268 g/mol. The van der Waals surface area contributed by atoms with Crippen molar-refractivity contribution < 1.29 is 9.53 Å². The number of ether oxygens (including phenoxy) is 1. The molecule has 4 nitrogen and oxygen atoms in total. The number of methoxy groups -OCH3 is 1. The highest BCUT2D eigenvalue weighted by Gasteiger charge is 1.99. The molecule has 20 heavy (non-hydrogen) atoms. The van der Waals surface area contributed by atoms with Gasteiger partial charge in [-0.2, -0.15) is 0 Å². The minimum atomic E-state index is -0.331. The molecule has 4 heteroatoms. The van der Waals surface area contributed by atoms with Gasteiger partial charge in [0.15, 0.2) is 0 Å². The van der Waals surface area contributed by atoms with Gasteiger partial charge in [-0.05, 0) is 17.2 Å². The Bertz CT molecular complexity index is 601. The fourth-order valence-corrected chi connectivity index (χ4v) is 1.77. The number of carbonyl (C=O) groups is 1. The Morgan fingerprint density at radius 1 is 1.20 bits per heavy atom. The molecule has 0 aliphatic rings. The van der Waals surface area contributed by atoms with Gasteiger partial charge in [-0.3, -0.25) is 4.79 Å². The molecular formula is C16H16N2O2. The van der Waals surface area contributed by atoms with E-state index >= 15 is 0 Å². The van der Waals surface area contributed by atoms with Crippen molar-refractivity contribution in [3.8, 4) is 17.0 Å². The largest absolute Gasteiger partial charge is 0.481 e. The van der Waals surface area contributed by atoms with Crippen molar-refractivity contribution in [1.82, 2.24) is 4.98 Å². The van der Waals surface area contributed by atoms with Crippen LogP contribution in [0.2, 0.25) is 0 Å². The van der Waals surface area contributed by atoms with Crippen LogP contribution in [0, 0.1) is 0 Å². The van der Waals surface area contributed by atoms with Crippen molar-refractivity contribution in [3.63, 3.8) is 0 Å². The second-order valence-corrected chi connectivity index (χ2v) is 4.28. The predicted molar refractivity (Wildman–Crippen MR) is 79.1 cm³/mol. The Kier molecular flexibility index (Phi) is 4.50. The summed E-state index contributed by atoms with van der Waals surface area (Å²) in [5.41, 5.74) is 8.20. The van der Waals surface area contributed by atoms with Gasteiger partial charge >= 0.3 is 0 Å². The third-order valence-electron chi connectivity index (χ3n) is 2.82. The molecule has 2 aromatic rings. The lowest BCUT2D eigenvalue weighted by Crippen LogP contribution is -2.07. The summed E-state index contributed by atoms with van der Waals surface area (Å²) in [4.78, 5) is 14.8. The standard InChI is InChI=1S/C16H16N2O2/c1-20-16-10-9-14(11-18-16)13-7-5-12(6-8-13)3-2-4-15(17)19/h2-3,5-11H,4H2,1H3,(H2,17,19). The van der Waals surface area contributed by atoms with E-state index in [-0.39, 0.29) is 12.3 Å². The van der Waals surface area contributed by atoms with Gasteiger partial charge in [0, 0.05) is 24.2 Å². The second-order valence-electron chi connectivity index (χ2n) is 4.28. The van der Waals surface area contributed by atoms with Gasteiger partial charge in [-0.15, -0.1) is 0 Å². The van der Waals surface area contributed by atoms with E-state index in [1.54, 1.807) is 19.4 Å². The number of benzene rings is 1. The minimum absolute atomic E-state index is 0.254. The zero-order chi connectivity index (χ0) is 14.4. The number of pyridine rings is 1. The van der Waals surface area contributed by atoms with Crippen LogP contribution in [0.4, 0.5) is 0 Å². The topological polar surface area (TPSA) is 65.2 Å². The van der Waals surface area contributed by atoms with Crippen LogP contribution in [0.15, 0.2) is 48.7 Å². The van der Waals surface area contributed by atoms with E-state index in [9.17, 15) is 4.79 Å². The monoisotopic (exact) mass is 268 g/mol. The molecule has 1 aromatic carbocycles. The van der Waals surface area contributed by atoms with Gasteiger partial charge in [0.2, 0.25) is 11.8 Å². The summed E-state index contributed by atoms with van der Waals surface area (Å²) in [7, 11) is 1.59. The van der Waals surface area contributed by atoms with Crippen molar-refractivity contribution in [2.45, 2.75) is 6.42 Å². The molecule has 0 atom stereocenters. The van der Waals surface area contributed by atoms with Crippen molar-refractivity contribution in [2.24, 2.45) is 5.73 Å². The maximum absolute atomic E-state index is 10.6. The molecule has 2 N–H and O–H groups in total. The van der Waals surface area contributed by atoms with E-state index in [2.05, 4.69) is 4.98 Å². The van der Waals surface area contributed by atoms with E-state index in [1.807, 2.05) is 42.5 Å². The zero-order valence-electron chi connectivity index (χ0n) is 11.2. The van der Waals surface area contributed by atoms with Gasteiger partial charge in [-0.1, -0.05) is 36.4 Å². The van der Waals surface area contributed by atoms with E-state index < -0.39 is 0 Å². The molecule has 0 aliphatic heterocycles.